The van der Waals surface area contributed by atoms with Gasteiger partial charge in [0.25, 0.3) is 0 Å². The topological polar surface area (TPSA) is 77.8 Å². The lowest BCUT2D eigenvalue weighted by Gasteiger charge is -2.01. The molecule has 0 bridgehead atoms. The minimum atomic E-state index is 0.483. The van der Waals surface area contributed by atoms with Crippen molar-refractivity contribution in [2.24, 2.45) is 0 Å². The number of thioether (sulfide) groups is 1. The molecule has 0 amide bonds. The molecule has 1 aromatic carbocycles. The molecule has 0 radical (unpaired) electrons. The highest BCUT2D eigenvalue weighted by Gasteiger charge is 2.12. The van der Waals surface area contributed by atoms with Crippen LogP contribution in [0.4, 0.5) is 5.82 Å². The number of benzene rings is 1. The van der Waals surface area contributed by atoms with Gasteiger partial charge < -0.3 is 10.2 Å². The molecule has 0 aliphatic heterocycles. The second-order valence-corrected chi connectivity index (χ2v) is 5.84. The van der Waals surface area contributed by atoms with Crippen LogP contribution in [0.25, 0.3) is 11.5 Å². The van der Waals surface area contributed by atoms with E-state index in [9.17, 15) is 0 Å². The SMILES string of the molecule is Cc1cc(N)nc(SCc2nc(-c3ccccc3)oc2C)n1. The molecule has 22 heavy (non-hydrogen) atoms. The molecule has 5 nitrogen and oxygen atoms in total. The maximum Gasteiger partial charge on any atom is 0.226 e. The molecule has 0 aliphatic carbocycles. The first-order chi connectivity index (χ1) is 10.6. The number of aryl methyl sites for hydroxylation is 2. The zero-order valence-corrected chi connectivity index (χ0v) is 13.2. The third-order valence-electron chi connectivity index (χ3n) is 3.10. The summed E-state index contributed by atoms with van der Waals surface area (Å²) in [4.78, 5) is 13.1. The van der Waals surface area contributed by atoms with Gasteiger partial charge in [0.05, 0.1) is 5.69 Å². The molecule has 2 N–H and O–H groups in total. The van der Waals surface area contributed by atoms with Crippen LogP contribution in [0.1, 0.15) is 17.1 Å². The van der Waals surface area contributed by atoms with Crippen molar-refractivity contribution in [1.29, 1.82) is 0 Å². The van der Waals surface area contributed by atoms with Crippen LogP contribution in [-0.2, 0) is 5.75 Å². The molecule has 0 atom stereocenters. The van der Waals surface area contributed by atoms with E-state index < -0.39 is 0 Å². The highest BCUT2D eigenvalue weighted by Crippen LogP contribution is 2.26. The summed E-state index contributed by atoms with van der Waals surface area (Å²) >= 11 is 1.50. The number of oxazole rings is 1. The van der Waals surface area contributed by atoms with Gasteiger partial charge in [0.2, 0.25) is 5.89 Å². The van der Waals surface area contributed by atoms with Crippen molar-refractivity contribution in [1.82, 2.24) is 15.0 Å². The Bertz CT molecular complexity index is 766. The Balaban J connectivity index is 1.77. The van der Waals surface area contributed by atoms with Crippen molar-refractivity contribution in [2.75, 3.05) is 5.73 Å². The van der Waals surface area contributed by atoms with Crippen LogP contribution in [0.15, 0.2) is 46.0 Å². The Morgan fingerprint density at radius 1 is 1.09 bits per heavy atom. The monoisotopic (exact) mass is 312 g/mol. The fourth-order valence-corrected chi connectivity index (χ4v) is 2.94. The van der Waals surface area contributed by atoms with Gasteiger partial charge in [-0.1, -0.05) is 30.0 Å². The quantitative estimate of drug-likeness (QED) is 0.585. The summed E-state index contributed by atoms with van der Waals surface area (Å²) in [6, 6.07) is 11.6. The zero-order valence-electron chi connectivity index (χ0n) is 12.4. The Labute approximate surface area is 133 Å². The number of hydrogen-bond donors (Lipinski definition) is 1. The van der Waals surface area contributed by atoms with Gasteiger partial charge >= 0.3 is 0 Å². The van der Waals surface area contributed by atoms with Crippen LogP contribution in [0.3, 0.4) is 0 Å². The van der Waals surface area contributed by atoms with E-state index in [0.717, 1.165) is 22.7 Å². The van der Waals surface area contributed by atoms with E-state index in [0.29, 0.717) is 22.6 Å². The molecule has 0 unspecified atom stereocenters. The maximum absolute atomic E-state index is 5.75. The molecule has 0 saturated heterocycles. The summed E-state index contributed by atoms with van der Waals surface area (Å²) in [6.07, 6.45) is 0. The van der Waals surface area contributed by atoms with Crippen LogP contribution in [0.2, 0.25) is 0 Å². The minimum absolute atomic E-state index is 0.483. The molecule has 2 heterocycles. The predicted molar refractivity (Wildman–Crippen MR) is 87.4 cm³/mol. The van der Waals surface area contributed by atoms with Gasteiger partial charge in [-0.25, -0.2) is 15.0 Å². The minimum Gasteiger partial charge on any atom is -0.441 e. The van der Waals surface area contributed by atoms with E-state index in [2.05, 4.69) is 15.0 Å². The number of rotatable bonds is 4. The van der Waals surface area contributed by atoms with Gasteiger partial charge in [-0.15, -0.1) is 0 Å². The van der Waals surface area contributed by atoms with E-state index >= 15 is 0 Å². The largest absolute Gasteiger partial charge is 0.441 e. The molecular formula is C16H16N4OS. The number of anilines is 1. The molecule has 3 rings (SSSR count). The van der Waals surface area contributed by atoms with Crippen LogP contribution >= 0.6 is 11.8 Å². The van der Waals surface area contributed by atoms with Crippen molar-refractivity contribution in [3.05, 3.63) is 53.5 Å². The molecule has 2 aromatic heterocycles. The number of hydrogen-bond acceptors (Lipinski definition) is 6. The van der Waals surface area contributed by atoms with Crippen molar-refractivity contribution in [3.63, 3.8) is 0 Å². The van der Waals surface area contributed by atoms with Gasteiger partial charge in [0.1, 0.15) is 11.6 Å². The standard InChI is InChI=1S/C16H16N4OS/c1-10-8-14(17)20-16(18-10)22-9-13-11(2)21-15(19-13)12-6-4-3-5-7-12/h3-8H,9H2,1-2H3,(H2,17,18,20). The summed E-state index contributed by atoms with van der Waals surface area (Å²) in [5.74, 6) is 2.58. The Kier molecular flexibility index (Phi) is 4.11. The van der Waals surface area contributed by atoms with E-state index in [1.807, 2.05) is 44.2 Å². The lowest BCUT2D eigenvalue weighted by atomic mass is 10.2. The summed E-state index contributed by atoms with van der Waals surface area (Å²) in [6.45, 7) is 3.82. The highest BCUT2D eigenvalue weighted by atomic mass is 32.2. The lowest BCUT2D eigenvalue weighted by molar-refractivity contribution is 0.540. The molecule has 0 saturated carbocycles. The molecule has 0 fully saturated rings. The zero-order chi connectivity index (χ0) is 15.5. The van der Waals surface area contributed by atoms with Gasteiger partial charge in [-0.3, -0.25) is 0 Å². The Morgan fingerprint density at radius 3 is 2.59 bits per heavy atom. The van der Waals surface area contributed by atoms with E-state index in [1.165, 1.54) is 11.8 Å². The average Bonchev–Trinajstić information content (AvgIpc) is 2.86. The highest BCUT2D eigenvalue weighted by molar-refractivity contribution is 7.98. The van der Waals surface area contributed by atoms with Crippen LogP contribution < -0.4 is 5.73 Å². The Morgan fingerprint density at radius 2 is 1.86 bits per heavy atom. The van der Waals surface area contributed by atoms with Crippen molar-refractivity contribution >= 4 is 17.6 Å². The first-order valence-electron chi connectivity index (χ1n) is 6.87. The summed E-state index contributed by atoms with van der Waals surface area (Å²) in [7, 11) is 0. The second-order valence-electron chi connectivity index (χ2n) is 4.89. The second kappa shape index (κ2) is 6.19. The fraction of sp³-hybridized carbons (Fsp3) is 0.188. The van der Waals surface area contributed by atoms with Gasteiger partial charge in [0, 0.05) is 23.1 Å². The van der Waals surface area contributed by atoms with Crippen LogP contribution in [-0.4, -0.2) is 15.0 Å². The molecule has 6 heteroatoms. The summed E-state index contributed by atoms with van der Waals surface area (Å²) < 4.78 is 5.75. The lowest BCUT2D eigenvalue weighted by Crippen LogP contribution is -1.97. The van der Waals surface area contributed by atoms with Crippen molar-refractivity contribution in [2.45, 2.75) is 24.8 Å². The summed E-state index contributed by atoms with van der Waals surface area (Å²) in [5, 5.41) is 0.654. The van der Waals surface area contributed by atoms with E-state index in [1.54, 1.807) is 6.07 Å². The van der Waals surface area contributed by atoms with Gasteiger partial charge in [-0.2, -0.15) is 0 Å². The summed E-state index contributed by atoms with van der Waals surface area (Å²) in [5.41, 5.74) is 8.46. The van der Waals surface area contributed by atoms with Crippen LogP contribution in [0.5, 0.6) is 0 Å². The maximum atomic E-state index is 5.75. The van der Waals surface area contributed by atoms with Crippen molar-refractivity contribution < 1.29 is 4.42 Å². The Hall–Kier alpha value is -2.34. The normalized spacial score (nSPS) is 10.8. The first kappa shape index (κ1) is 14.6. The van der Waals surface area contributed by atoms with Gasteiger partial charge in [-0.05, 0) is 26.0 Å². The number of nitrogen functional groups attached to an aromatic ring is 1. The van der Waals surface area contributed by atoms with Crippen LogP contribution in [0, 0.1) is 13.8 Å². The number of nitrogens with zero attached hydrogens (tertiary/aromatic N) is 3. The number of aromatic nitrogens is 3. The van der Waals surface area contributed by atoms with E-state index in [-0.39, 0.29) is 0 Å². The third-order valence-corrected chi connectivity index (χ3v) is 3.96. The van der Waals surface area contributed by atoms with Gasteiger partial charge in [0.15, 0.2) is 5.16 Å². The smallest absolute Gasteiger partial charge is 0.226 e. The van der Waals surface area contributed by atoms with E-state index in [4.69, 9.17) is 10.2 Å². The predicted octanol–water partition coefficient (Wildman–Crippen LogP) is 3.62. The molecule has 3 aromatic rings. The first-order valence-corrected chi connectivity index (χ1v) is 7.86. The third kappa shape index (κ3) is 3.28. The van der Waals surface area contributed by atoms with Crippen molar-refractivity contribution in [3.8, 4) is 11.5 Å². The fourth-order valence-electron chi connectivity index (χ4n) is 2.03. The molecule has 112 valence electrons. The molecule has 0 spiro atoms. The number of nitrogens with two attached hydrogens (primary N) is 1. The molecule has 0 aliphatic rings. The molecular weight excluding hydrogens is 296 g/mol. The average molecular weight is 312 g/mol.